The highest BCUT2D eigenvalue weighted by Crippen LogP contribution is 2.28. The number of hydrogen-bond donors (Lipinski definition) is 2. The molecule has 10 heteroatoms. The van der Waals surface area contributed by atoms with Crippen molar-refractivity contribution in [1.82, 2.24) is 15.2 Å². The molecule has 1 heterocycles. The maximum Gasteiger partial charge on any atom is 0.573 e. The Hall–Kier alpha value is -3.30. The number of nitrogens with one attached hydrogen (secondary N) is 2. The lowest BCUT2D eigenvalue weighted by molar-refractivity contribution is -0.274. The fraction of sp³-hybridized carbons (Fsp3) is 0.409. The Morgan fingerprint density at radius 3 is 2.19 bits per heavy atom. The van der Waals surface area contributed by atoms with Crippen LogP contribution in [-0.4, -0.2) is 29.8 Å². The standard InChI is InChI=1S/C22H24F3N3O4/c1-26-20(30)17-12-28(15-5-3-2-4-6-15)13-18(19(17)29)21(31)27-11-14-7-9-16(10-8-14)32-22(23,24)25/h7-10,12-13,15H,2-6,11H2,1H3,(H,26,30)(H,27,31). The lowest BCUT2D eigenvalue weighted by Crippen LogP contribution is -2.35. The lowest BCUT2D eigenvalue weighted by atomic mass is 9.95. The van der Waals surface area contributed by atoms with Gasteiger partial charge in [0.05, 0.1) is 0 Å². The Labute approximate surface area is 182 Å². The fourth-order valence-corrected chi connectivity index (χ4v) is 3.73. The van der Waals surface area contributed by atoms with Gasteiger partial charge in [0, 0.05) is 32.0 Å². The maximum atomic E-state index is 12.8. The van der Waals surface area contributed by atoms with Crippen LogP contribution in [0.4, 0.5) is 13.2 Å². The number of hydrogen-bond acceptors (Lipinski definition) is 4. The van der Waals surface area contributed by atoms with Crippen LogP contribution in [0.5, 0.6) is 5.75 Å². The predicted molar refractivity (Wildman–Crippen MR) is 111 cm³/mol. The molecule has 3 rings (SSSR count). The Balaban J connectivity index is 1.79. The molecule has 1 fully saturated rings. The number of ether oxygens (including phenoxy) is 1. The highest BCUT2D eigenvalue weighted by atomic mass is 19.4. The molecule has 0 unspecified atom stereocenters. The Bertz CT molecular complexity index is 1030. The molecule has 1 aromatic carbocycles. The summed E-state index contributed by atoms with van der Waals surface area (Å²) in [6.45, 7) is -0.0157. The number of nitrogens with zero attached hydrogens (tertiary/aromatic N) is 1. The van der Waals surface area contributed by atoms with Crippen LogP contribution in [0.1, 0.15) is 64.4 Å². The van der Waals surface area contributed by atoms with Crippen LogP contribution in [0.3, 0.4) is 0 Å². The summed E-state index contributed by atoms with van der Waals surface area (Å²) in [6.07, 6.45) is 3.15. The van der Waals surface area contributed by atoms with Gasteiger partial charge in [-0.25, -0.2) is 0 Å². The molecule has 7 nitrogen and oxygen atoms in total. The van der Waals surface area contributed by atoms with Crippen LogP contribution < -0.4 is 20.8 Å². The van der Waals surface area contributed by atoms with E-state index in [-0.39, 0.29) is 29.5 Å². The topological polar surface area (TPSA) is 89.4 Å². The first-order valence-electron chi connectivity index (χ1n) is 10.3. The van der Waals surface area contributed by atoms with Gasteiger partial charge in [0.25, 0.3) is 11.8 Å². The first-order chi connectivity index (χ1) is 15.2. The zero-order chi connectivity index (χ0) is 23.3. The fourth-order valence-electron chi connectivity index (χ4n) is 3.73. The average molecular weight is 451 g/mol. The van der Waals surface area contributed by atoms with E-state index in [0.717, 1.165) is 44.2 Å². The predicted octanol–water partition coefficient (Wildman–Crippen LogP) is 3.54. The van der Waals surface area contributed by atoms with Crippen molar-refractivity contribution in [2.45, 2.75) is 51.1 Å². The van der Waals surface area contributed by atoms with Gasteiger partial charge in [-0.3, -0.25) is 14.4 Å². The number of amides is 2. The van der Waals surface area contributed by atoms with E-state index in [1.165, 1.54) is 31.6 Å². The molecule has 32 heavy (non-hydrogen) atoms. The Morgan fingerprint density at radius 2 is 1.62 bits per heavy atom. The van der Waals surface area contributed by atoms with Crippen molar-refractivity contribution < 1.29 is 27.5 Å². The van der Waals surface area contributed by atoms with Crippen LogP contribution in [0.15, 0.2) is 41.5 Å². The number of alkyl halides is 3. The van der Waals surface area contributed by atoms with Gasteiger partial charge < -0.3 is 19.9 Å². The van der Waals surface area contributed by atoms with E-state index in [1.807, 2.05) is 0 Å². The smallest absolute Gasteiger partial charge is 0.406 e. The van der Waals surface area contributed by atoms with Gasteiger partial charge in [0.15, 0.2) is 0 Å². The minimum atomic E-state index is -4.79. The second-order valence-corrected chi connectivity index (χ2v) is 7.61. The summed E-state index contributed by atoms with van der Waals surface area (Å²) in [7, 11) is 1.41. The van der Waals surface area contributed by atoms with E-state index in [1.54, 1.807) is 4.57 Å². The van der Waals surface area contributed by atoms with E-state index >= 15 is 0 Å². The van der Waals surface area contributed by atoms with Gasteiger partial charge in [0.1, 0.15) is 16.9 Å². The van der Waals surface area contributed by atoms with Crippen LogP contribution in [0, 0.1) is 0 Å². The molecule has 0 bridgehead atoms. The normalized spacial score (nSPS) is 14.6. The number of halogens is 3. The van der Waals surface area contributed by atoms with E-state index in [9.17, 15) is 27.6 Å². The van der Waals surface area contributed by atoms with Gasteiger partial charge in [-0.15, -0.1) is 13.2 Å². The number of pyridine rings is 1. The molecule has 2 amide bonds. The molecular formula is C22H24F3N3O4. The third-order valence-electron chi connectivity index (χ3n) is 5.37. The quantitative estimate of drug-likeness (QED) is 0.703. The summed E-state index contributed by atoms with van der Waals surface area (Å²) in [5, 5.41) is 5.01. The third kappa shape index (κ3) is 5.89. The van der Waals surface area contributed by atoms with E-state index in [2.05, 4.69) is 15.4 Å². The number of aromatic nitrogens is 1. The molecule has 1 aliphatic rings. The van der Waals surface area contributed by atoms with Crippen molar-refractivity contribution in [3.63, 3.8) is 0 Å². The van der Waals surface area contributed by atoms with E-state index < -0.39 is 23.6 Å². The van der Waals surface area contributed by atoms with Crippen LogP contribution in [0.25, 0.3) is 0 Å². The minimum Gasteiger partial charge on any atom is -0.406 e. The van der Waals surface area contributed by atoms with Gasteiger partial charge in [-0.05, 0) is 30.5 Å². The summed E-state index contributed by atoms with van der Waals surface area (Å²) in [4.78, 5) is 37.7. The van der Waals surface area contributed by atoms with Crippen LogP contribution >= 0.6 is 0 Å². The van der Waals surface area contributed by atoms with Crippen LogP contribution in [-0.2, 0) is 6.54 Å². The molecule has 172 valence electrons. The van der Waals surface area contributed by atoms with Crippen molar-refractivity contribution in [2.24, 2.45) is 0 Å². The summed E-state index contributed by atoms with van der Waals surface area (Å²) >= 11 is 0. The minimum absolute atomic E-state index is 0.0157. The summed E-state index contributed by atoms with van der Waals surface area (Å²) in [5.74, 6) is -1.61. The first kappa shape index (κ1) is 23.4. The largest absolute Gasteiger partial charge is 0.573 e. The van der Waals surface area contributed by atoms with Gasteiger partial charge in [0.2, 0.25) is 5.43 Å². The van der Waals surface area contributed by atoms with E-state index in [0.29, 0.717) is 5.56 Å². The van der Waals surface area contributed by atoms with Gasteiger partial charge >= 0.3 is 6.36 Å². The van der Waals surface area contributed by atoms with E-state index in [4.69, 9.17) is 0 Å². The number of benzene rings is 1. The van der Waals surface area contributed by atoms with Crippen LogP contribution in [0.2, 0.25) is 0 Å². The Morgan fingerprint density at radius 1 is 1.03 bits per heavy atom. The zero-order valence-electron chi connectivity index (χ0n) is 17.5. The summed E-state index contributed by atoms with van der Waals surface area (Å²) in [5.41, 5.74) is -0.432. The number of rotatable bonds is 6. The van der Waals surface area contributed by atoms with Gasteiger partial charge in [-0.1, -0.05) is 31.4 Å². The lowest BCUT2D eigenvalue weighted by Gasteiger charge is -2.25. The molecule has 2 N–H and O–H groups in total. The molecule has 0 radical (unpaired) electrons. The number of carbonyl (C=O) groups excluding carboxylic acids is 2. The SMILES string of the molecule is CNC(=O)c1cn(C2CCCCC2)cc(C(=O)NCc2ccc(OC(F)(F)F)cc2)c1=O. The monoisotopic (exact) mass is 451 g/mol. The Kier molecular flexibility index (Phi) is 7.22. The summed E-state index contributed by atoms with van der Waals surface area (Å²) < 4.78 is 42.4. The molecular weight excluding hydrogens is 427 g/mol. The molecule has 0 atom stereocenters. The molecule has 1 aliphatic carbocycles. The molecule has 0 saturated heterocycles. The van der Waals surface area contributed by atoms with Crippen molar-refractivity contribution >= 4 is 11.8 Å². The molecule has 1 saturated carbocycles. The molecule has 1 aromatic heterocycles. The molecule has 0 aliphatic heterocycles. The first-order valence-corrected chi connectivity index (χ1v) is 10.3. The van der Waals surface area contributed by atoms with Crippen molar-refractivity contribution in [1.29, 1.82) is 0 Å². The second-order valence-electron chi connectivity index (χ2n) is 7.61. The van der Waals surface area contributed by atoms with Gasteiger partial charge in [-0.2, -0.15) is 0 Å². The third-order valence-corrected chi connectivity index (χ3v) is 5.37. The van der Waals surface area contributed by atoms with Crippen molar-refractivity contribution in [2.75, 3.05) is 7.05 Å². The highest BCUT2D eigenvalue weighted by Gasteiger charge is 2.31. The average Bonchev–Trinajstić information content (AvgIpc) is 2.77. The second kappa shape index (κ2) is 9.88. The van der Waals surface area contributed by atoms with Crippen molar-refractivity contribution in [3.05, 3.63) is 63.6 Å². The summed E-state index contributed by atoms with van der Waals surface area (Å²) in [6, 6.07) is 5.13. The highest BCUT2D eigenvalue weighted by molar-refractivity contribution is 5.99. The molecule has 2 aromatic rings. The zero-order valence-corrected chi connectivity index (χ0v) is 17.5. The van der Waals surface area contributed by atoms with Crippen molar-refractivity contribution in [3.8, 4) is 5.75 Å². The molecule has 0 spiro atoms. The number of carbonyl (C=O) groups is 2. The maximum absolute atomic E-state index is 12.8.